The van der Waals surface area contributed by atoms with E-state index >= 15 is 0 Å². The maximum absolute atomic E-state index is 5.90. The van der Waals surface area contributed by atoms with Crippen molar-refractivity contribution >= 4 is 11.5 Å². The van der Waals surface area contributed by atoms with E-state index in [4.69, 9.17) is 10.5 Å². The van der Waals surface area contributed by atoms with Crippen LogP contribution in [-0.4, -0.2) is 17.1 Å². The van der Waals surface area contributed by atoms with Crippen molar-refractivity contribution in [3.63, 3.8) is 0 Å². The highest BCUT2D eigenvalue weighted by atomic mass is 16.5. The quantitative estimate of drug-likeness (QED) is 0.861. The van der Waals surface area contributed by atoms with Crippen molar-refractivity contribution in [2.75, 3.05) is 11.1 Å². The molecule has 0 radical (unpaired) electrons. The molecule has 0 bridgehead atoms. The summed E-state index contributed by atoms with van der Waals surface area (Å²) in [5.41, 5.74) is 6.49. The van der Waals surface area contributed by atoms with Gasteiger partial charge in [0.1, 0.15) is 5.82 Å². The Morgan fingerprint density at radius 2 is 2.15 bits per heavy atom. The Balaban J connectivity index is 2.06. The van der Waals surface area contributed by atoms with Crippen LogP contribution in [0.5, 0.6) is 5.88 Å². The summed E-state index contributed by atoms with van der Waals surface area (Å²) in [5.74, 6) is 2.91. The second-order valence-corrected chi connectivity index (χ2v) is 6.11. The van der Waals surface area contributed by atoms with Crippen LogP contribution in [0, 0.1) is 11.8 Å². The van der Waals surface area contributed by atoms with E-state index in [2.05, 4.69) is 24.1 Å². The molecule has 1 aromatic rings. The molecule has 1 aliphatic rings. The zero-order valence-corrected chi connectivity index (χ0v) is 13.0. The maximum atomic E-state index is 5.90. The van der Waals surface area contributed by atoms with Crippen LogP contribution in [0.25, 0.3) is 0 Å². The molecule has 1 heterocycles. The van der Waals surface area contributed by atoms with Gasteiger partial charge in [0.05, 0.1) is 11.8 Å². The van der Waals surface area contributed by atoms with E-state index in [1.165, 1.54) is 19.3 Å². The molecule has 20 heavy (non-hydrogen) atoms. The zero-order chi connectivity index (χ0) is 14.7. The van der Waals surface area contributed by atoms with E-state index < -0.39 is 0 Å². The fourth-order valence-corrected chi connectivity index (χ4v) is 3.07. The molecule has 0 amide bonds. The highest BCUT2D eigenvalue weighted by Gasteiger charge is 2.31. The fourth-order valence-electron chi connectivity index (χ4n) is 3.07. The van der Waals surface area contributed by atoms with E-state index in [9.17, 15) is 0 Å². The molecule has 0 spiro atoms. The first-order valence-electron chi connectivity index (χ1n) is 7.71. The number of hydrogen-bond acceptors (Lipinski definition) is 4. The Hall–Kier alpha value is -1.45. The number of rotatable bonds is 5. The van der Waals surface area contributed by atoms with Gasteiger partial charge in [0.2, 0.25) is 5.88 Å². The first-order chi connectivity index (χ1) is 9.51. The summed E-state index contributed by atoms with van der Waals surface area (Å²) >= 11 is 0. The Morgan fingerprint density at radius 1 is 1.40 bits per heavy atom. The predicted octanol–water partition coefficient (Wildman–Crippen LogP) is 3.69. The number of nitrogens with one attached hydrogen (secondary N) is 1. The number of hydrogen-bond donors (Lipinski definition) is 2. The molecule has 1 saturated carbocycles. The number of anilines is 2. The van der Waals surface area contributed by atoms with Gasteiger partial charge >= 0.3 is 0 Å². The highest BCUT2D eigenvalue weighted by Crippen LogP contribution is 2.35. The fraction of sp³-hybridized carbons (Fsp3) is 0.688. The Kier molecular flexibility index (Phi) is 4.73. The van der Waals surface area contributed by atoms with Crippen molar-refractivity contribution in [2.45, 2.75) is 59.1 Å². The van der Waals surface area contributed by atoms with Crippen molar-refractivity contribution in [3.8, 4) is 5.88 Å². The van der Waals surface area contributed by atoms with Gasteiger partial charge in [-0.05, 0) is 50.7 Å². The SMILES string of the molecule is CCC1CCC(Nc2ccc(N)c(OC(C)C)n2)C1C. The van der Waals surface area contributed by atoms with Crippen LogP contribution in [0.2, 0.25) is 0 Å². The average Bonchev–Trinajstić information content (AvgIpc) is 2.74. The molecule has 4 nitrogen and oxygen atoms in total. The van der Waals surface area contributed by atoms with Crippen molar-refractivity contribution in [3.05, 3.63) is 12.1 Å². The summed E-state index contributed by atoms with van der Waals surface area (Å²) in [6.07, 6.45) is 3.86. The van der Waals surface area contributed by atoms with Crippen molar-refractivity contribution in [2.24, 2.45) is 11.8 Å². The van der Waals surface area contributed by atoms with Gasteiger partial charge in [0.15, 0.2) is 0 Å². The Labute approximate surface area is 122 Å². The number of nitrogen functional groups attached to an aromatic ring is 1. The van der Waals surface area contributed by atoms with Crippen molar-refractivity contribution < 1.29 is 4.74 Å². The lowest BCUT2D eigenvalue weighted by Crippen LogP contribution is -2.25. The third-order valence-electron chi connectivity index (χ3n) is 4.32. The van der Waals surface area contributed by atoms with Crippen LogP contribution in [0.4, 0.5) is 11.5 Å². The lowest BCUT2D eigenvalue weighted by atomic mass is 9.93. The molecular formula is C16H27N3O. The lowest BCUT2D eigenvalue weighted by Gasteiger charge is -2.22. The minimum Gasteiger partial charge on any atom is -0.473 e. The monoisotopic (exact) mass is 277 g/mol. The smallest absolute Gasteiger partial charge is 0.239 e. The summed E-state index contributed by atoms with van der Waals surface area (Å²) in [7, 11) is 0. The van der Waals surface area contributed by atoms with Gasteiger partial charge in [-0.25, -0.2) is 0 Å². The average molecular weight is 277 g/mol. The zero-order valence-electron chi connectivity index (χ0n) is 13.0. The van der Waals surface area contributed by atoms with E-state index in [1.807, 2.05) is 26.0 Å². The molecule has 3 N–H and O–H groups in total. The maximum Gasteiger partial charge on any atom is 0.239 e. The van der Waals surface area contributed by atoms with Crippen molar-refractivity contribution in [1.82, 2.24) is 4.98 Å². The molecule has 0 aliphatic heterocycles. The molecule has 1 aliphatic carbocycles. The van der Waals surface area contributed by atoms with E-state index in [1.54, 1.807) is 0 Å². The predicted molar refractivity (Wildman–Crippen MR) is 84.0 cm³/mol. The number of nitrogens with zero attached hydrogens (tertiary/aromatic N) is 1. The summed E-state index contributed by atoms with van der Waals surface area (Å²) in [6.45, 7) is 8.57. The second kappa shape index (κ2) is 6.33. The molecular weight excluding hydrogens is 250 g/mol. The van der Waals surface area contributed by atoms with Crippen LogP contribution < -0.4 is 15.8 Å². The normalized spacial score (nSPS) is 25.9. The highest BCUT2D eigenvalue weighted by molar-refractivity contribution is 5.54. The number of nitrogens with two attached hydrogens (primary N) is 1. The molecule has 112 valence electrons. The van der Waals surface area contributed by atoms with Crippen LogP contribution in [0.3, 0.4) is 0 Å². The van der Waals surface area contributed by atoms with Crippen LogP contribution in [0.1, 0.15) is 47.0 Å². The minimum absolute atomic E-state index is 0.0786. The largest absolute Gasteiger partial charge is 0.473 e. The van der Waals surface area contributed by atoms with Gasteiger partial charge in [-0.1, -0.05) is 20.3 Å². The number of aromatic nitrogens is 1. The minimum atomic E-state index is 0.0786. The van der Waals surface area contributed by atoms with E-state index in [-0.39, 0.29) is 6.10 Å². The standard InChI is InChI=1S/C16H27N3O/c1-5-12-6-8-14(11(12)4)18-15-9-7-13(17)16(19-15)20-10(2)3/h7,9-12,14H,5-6,8,17H2,1-4H3,(H,18,19). The number of pyridine rings is 1. The molecule has 3 atom stereocenters. The van der Waals surface area contributed by atoms with E-state index in [0.29, 0.717) is 23.5 Å². The second-order valence-electron chi connectivity index (χ2n) is 6.11. The molecule has 2 rings (SSSR count). The summed E-state index contributed by atoms with van der Waals surface area (Å²) < 4.78 is 5.64. The molecule has 0 saturated heterocycles. The summed E-state index contributed by atoms with van der Waals surface area (Å²) in [4.78, 5) is 4.50. The van der Waals surface area contributed by atoms with Gasteiger partial charge in [-0.2, -0.15) is 4.98 Å². The van der Waals surface area contributed by atoms with Crippen LogP contribution in [-0.2, 0) is 0 Å². The van der Waals surface area contributed by atoms with Gasteiger partial charge in [-0.3, -0.25) is 0 Å². The third-order valence-corrected chi connectivity index (χ3v) is 4.32. The summed E-state index contributed by atoms with van der Waals surface area (Å²) in [5, 5.41) is 3.55. The van der Waals surface area contributed by atoms with Crippen LogP contribution in [0.15, 0.2) is 12.1 Å². The van der Waals surface area contributed by atoms with Gasteiger partial charge in [0, 0.05) is 6.04 Å². The first kappa shape index (κ1) is 14.9. The molecule has 0 aromatic carbocycles. The lowest BCUT2D eigenvalue weighted by molar-refractivity contribution is 0.234. The molecule has 3 unspecified atom stereocenters. The molecule has 4 heteroatoms. The van der Waals surface area contributed by atoms with E-state index in [0.717, 1.165) is 11.7 Å². The van der Waals surface area contributed by atoms with Crippen molar-refractivity contribution in [1.29, 1.82) is 0 Å². The van der Waals surface area contributed by atoms with Gasteiger partial charge in [-0.15, -0.1) is 0 Å². The third kappa shape index (κ3) is 3.35. The topological polar surface area (TPSA) is 60.2 Å². The molecule has 1 aromatic heterocycles. The Bertz CT molecular complexity index is 447. The summed E-state index contributed by atoms with van der Waals surface area (Å²) in [6, 6.07) is 4.31. The van der Waals surface area contributed by atoms with Gasteiger partial charge in [0.25, 0.3) is 0 Å². The Morgan fingerprint density at radius 3 is 2.75 bits per heavy atom. The molecule has 1 fully saturated rings. The first-order valence-corrected chi connectivity index (χ1v) is 7.71. The van der Waals surface area contributed by atoms with Gasteiger partial charge < -0.3 is 15.8 Å². The van der Waals surface area contributed by atoms with Crippen LogP contribution >= 0.6 is 0 Å². The number of ether oxygens (including phenoxy) is 1.